The average molecular weight is 1890 g/mol. The Morgan fingerprint density at radius 3 is 0.393 bits per heavy atom. The molecule has 0 fully saturated rings. The minimum Gasteiger partial charge on any atom is -0.360 e. The fourth-order valence-electron chi connectivity index (χ4n) is 12.7. The fourth-order valence-corrected chi connectivity index (χ4v) is 47.2. The minimum absolute atomic E-state index is 0.731. The van der Waals surface area contributed by atoms with Crippen LogP contribution in [0.4, 0.5) is 0 Å². The molecule has 552 valence electrons. The third kappa shape index (κ3) is 16.7. The van der Waals surface area contributed by atoms with Crippen LogP contribution >= 0.6 is 282 Å². The Bertz CT molecular complexity index is 4920. The summed E-state index contributed by atoms with van der Waals surface area (Å²) in [6.07, 6.45) is 2.92. The Labute approximate surface area is 752 Å². The van der Waals surface area contributed by atoms with Gasteiger partial charge in [-0.05, 0) is 97.1 Å². The summed E-state index contributed by atoms with van der Waals surface area (Å²) in [6, 6.07) is 87.3. The van der Waals surface area contributed by atoms with Gasteiger partial charge in [-0.25, -0.2) is 0 Å². The van der Waals surface area contributed by atoms with Crippen molar-refractivity contribution in [1.29, 1.82) is 0 Å². The summed E-state index contributed by atoms with van der Waals surface area (Å²) < 4.78 is 21.6. The van der Waals surface area contributed by atoms with Gasteiger partial charge in [-0.1, -0.05) is 428 Å². The van der Waals surface area contributed by atoms with Gasteiger partial charge in [-0.2, -0.15) is 0 Å². The van der Waals surface area contributed by atoms with Crippen LogP contribution in [-0.2, 0) is 25.7 Å². The van der Waals surface area contributed by atoms with Gasteiger partial charge in [-0.3, -0.25) is 0 Å². The van der Waals surface area contributed by atoms with E-state index < -0.39 is 0 Å². The zero-order valence-corrected chi connectivity index (χ0v) is 77.3. The van der Waals surface area contributed by atoms with Gasteiger partial charge < -0.3 is 19.9 Å². The number of H-pyrrole nitrogens is 4. The lowest BCUT2D eigenvalue weighted by Gasteiger charge is -2.09. The van der Waals surface area contributed by atoms with Crippen LogP contribution in [0.2, 0.25) is 0 Å². The summed E-state index contributed by atoms with van der Waals surface area (Å²) in [4.78, 5) is 38.0. The molecule has 4 aromatic heterocycles. The molecule has 0 saturated carbocycles. The van der Waals surface area contributed by atoms with Crippen LogP contribution in [0.15, 0.2) is 389 Å². The number of thioether (sulfide) groups is 24. The van der Waals surface area contributed by atoms with E-state index >= 15 is 0 Å². The second-order valence-electron chi connectivity index (χ2n) is 25.2. The largest absolute Gasteiger partial charge is 0.360 e. The smallest absolute Gasteiger partial charge is 0.0717 e. The first kappa shape index (κ1) is 76.6. The number of benzene rings is 8. The van der Waals surface area contributed by atoms with Crippen molar-refractivity contribution in [3.8, 4) is 0 Å². The summed E-state index contributed by atoms with van der Waals surface area (Å²) in [5, 5.41) is 0. The molecule has 8 bridgehead atoms. The number of hydrogen-bond donors (Lipinski definition) is 4. The number of nitrogens with one attached hydrogen (secondary N) is 4. The summed E-state index contributed by atoms with van der Waals surface area (Å²) in [6.45, 7) is 0. The summed E-state index contributed by atoms with van der Waals surface area (Å²) in [7, 11) is 0. The van der Waals surface area contributed by atoms with Gasteiger partial charge in [-0.15, -0.1) is 0 Å². The van der Waals surface area contributed by atoms with Gasteiger partial charge in [0, 0.05) is 150 Å². The topological polar surface area (TPSA) is 63.2 Å². The summed E-state index contributed by atoms with van der Waals surface area (Å²) >= 11 is 46.6. The second kappa shape index (κ2) is 34.7. The Morgan fingerprint density at radius 2 is 0.268 bits per heavy atom. The van der Waals surface area contributed by atoms with E-state index in [0.717, 1.165) is 25.7 Å². The van der Waals surface area contributed by atoms with Crippen molar-refractivity contribution < 1.29 is 0 Å². The van der Waals surface area contributed by atoms with Crippen LogP contribution in [-0.4, -0.2) is 19.9 Å². The van der Waals surface area contributed by atoms with Gasteiger partial charge in [0.25, 0.3) is 0 Å². The van der Waals surface area contributed by atoms with Crippen LogP contribution in [0.25, 0.3) is 0 Å². The molecule has 0 saturated heterocycles. The molecule has 0 aliphatic carbocycles. The monoisotopic (exact) mass is 1880 g/mol. The first-order valence-electron chi connectivity index (χ1n) is 34.9. The van der Waals surface area contributed by atoms with Gasteiger partial charge in [0.2, 0.25) is 0 Å². The van der Waals surface area contributed by atoms with Gasteiger partial charge in [0.05, 0.1) is 67.8 Å². The Morgan fingerprint density at radius 1 is 0.152 bits per heavy atom. The van der Waals surface area contributed by atoms with E-state index in [0.29, 0.717) is 0 Å². The molecule has 9 aliphatic rings. The molecule has 21 rings (SSSR count). The number of hydrogen-bond acceptors (Lipinski definition) is 24. The van der Waals surface area contributed by atoms with E-state index in [1.165, 1.54) is 192 Å². The molecule has 0 amide bonds. The van der Waals surface area contributed by atoms with Gasteiger partial charge in [0.1, 0.15) is 0 Å². The molecule has 0 spiro atoms. The van der Waals surface area contributed by atoms with Gasteiger partial charge >= 0.3 is 0 Å². The SMILES string of the molecule is c1ccc(SC2=C(Sc3ccccc3)SC(=C3Sc4c5[nH]c(c4S3)Cc3[nH]c(c4c3SC(=C3SC(Sc6ccccc6)=C(Sc6ccccc6)S3)S4)Cc3[nH]c(c4c3SC(=C3SC(Sc6ccccc6)=C(Sc6ccccc6)S3)S4)Cc3[nH]c(c4c3SC(=C3SC(Sc6ccccc6)=C(Sc6ccccc6)S3)S4)C5)S2)cc1. The lowest BCUT2D eigenvalue weighted by Crippen LogP contribution is -1.99. The molecule has 0 unspecified atom stereocenters. The van der Waals surface area contributed by atoms with Crippen molar-refractivity contribution in [3.63, 3.8) is 0 Å². The molecule has 0 radical (unpaired) electrons. The maximum Gasteiger partial charge on any atom is 0.0717 e. The van der Waals surface area contributed by atoms with Crippen molar-refractivity contribution in [2.24, 2.45) is 0 Å². The number of aromatic nitrogens is 4. The third-order valence-corrected chi connectivity index (χ3v) is 52.1. The number of fused-ring (bicyclic) bond motifs is 20. The summed E-state index contributed by atoms with van der Waals surface area (Å²) in [5.41, 5.74) is 10.2. The summed E-state index contributed by atoms with van der Waals surface area (Å²) in [5.74, 6) is 0. The normalized spacial score (nSPS) is 17.3. The van der Waals surface area contributed by atoms with Crippen molar-refractivity contribution in [1.82, 2.24) is 19.9 Å². The average Bonchev–Trinajstić information content (AvgIpc) is 1.58. The highest BCUT2D eigenvalue weighted by molar-refractivity contribution is 8.45. The minimum atomic E-state index is 0.731. The van der Waals surface area contributed by atoms with E-state index in [1.54, 1.807) is 0 Å². The highest BCUT2D eigenvalue weighted by Gasteiger charge is 2.42. The Balaban J connectivity index is 0.683. The Kier molecular flexibility index (Phi) is 23.8. The molecule has 8 aromatic carbocycles. The first-order chi connectivity index (χ1) is 55.3. The maximum atomic E-state index is 4.30. The van der Waals surface area contributed by atoms with E-state index in [-0.39, 0.29) is 0 Å². The lowest BCUT2D eigenvalue weighted by atomic mass is 10.2. The quantitative estimate of drug-likeness (QED) is 0.0742. The highest BCUT2D eigenvalue weighted by atomic mass is 32.3. The molecule has 13 heterocycles. The highest BCUT2D eigenvalue weighted by Crippen LogP contribution is 2.72. The van der Waals surface area contributed by atoms with Crippen molar-refractivity contribution in [2.75, 3.05) is 0 Å². The van der Waals surface area contributed by atoms with E-state index in [9.17, 15) is 0 Å². The van der Waals surface area contributed by atoms with Gasteiger partial charge in [0.15, 0.2) is 0 Å². The van der Waals surface area contributed by atoms with E-state index in [2.05, 4.69) is 263 Å². The molecule has 4 nitrogen and oxygen atoms in total. The fraction of sp³-hybridized carbons (Fsp3) is 0.0476. The maximum absolute atomic E-state index is 4.30. The number of rotatable bonds is 16. The zero-order valence-electron chi connectivity index (χ0n) is 57.7. The molecular formula is C84H52N4S24. The molecule has 0 atom stereocenters. The molecular weight excluding hydrogens is 1830 g/mol. The zero-order chi connectivity index (χ0) is 74.0. The standard InChI is InChI=1S/C84H52N4S24/c1-9-25-45(26-10-1)89-69-70(90-46-27-11-2-12-28-46)106-81(105-69)77-97-61-53-41-55-63-65(101-78(99-63)82-107-71(91-47-29-13-3-14-30-47)72(108-82)92-48-31-15-4-16-32-48)57(86-55)43-59-67-68(104-80(103-67)84-111-75(95-51-37-21-7-22-38-51)76(112-84)96-52-39-23-8-24-40-52)60(88-59)44-58-66-64(56(87-58)42-54(85-53)62(61)98-77)100-79(102-66)83-109-73(93-49-33-17-5-18-34-49)74(110-83)94-50-35-19-6-20-36-50/h1-40,85-88H,41-44H2. The predicted molar refractivity (Wildman–Crippen MR) is 517 cm³/mol. The lowest BCUT2D eigenvalue weighted by molar-refractivity contribution is 0.920. The molecule has 112 heavy (non-hydrogen) atoms. The van der Waals surface area contributed by atoms with Crippen molar-refractivity contribution in [3.05, 3.63) is 356 Å². The van der Waals surface area contributed by atoms with E-state index in [1.807, 2.05) is 282 Å². The van der Waals surface area contributed by atoms with Crippen molar-refractivity contribution in [2.45, 2.75) is 104 Å². The van der Waals surface area contributed by atoms with E-state index in [4.69, 9.17) is 0 Å². The van der Waals surface area contributed by atoms with Crippen LogP contribution in [0.3, 0.4) is 0 Å². The second-order valence-corrected chi connectivity index (χ2v) is 54.4. The number of aromatic amines is 4. The van der Waals surface area contributed by atoms with Crippen molar-refractivity contribution >= 4 is 282 Å². The predicted octanol–water partition coefficient (Wildman–Crippen LogP) is 33.7. The molecule has 12 aromatic rings. The van der Waals surface area contributed by atoms with Crippen LogP contribution in [0.5, 0.6) is 0 Å². The van der Waals surface area contributed by atoms with Crippen LogP contribution < -0.4 is 0 Å². The molecule has 28 heteroatoms. The van der Waals surface area contributed by atoms with Crippen LogP contribution in [0, 0.1) is 0 Å². The third-order valence-electron chi connectivity index (χ3n) is 17.6. The Hall–Kier alpha value is -2.80. The molecule has 9 aliphatic heterocycles. The van der Waals surface area contributed by atoms with Crippen LogP contribution in [0.1, 0.15) is 45.6 Å². The molecule has 4 N–H and O–H groups in total. The first-order valence-corrected chi connectivity index (χ1v) is 54.5.